The smallest absolute Gasteiger partial charge is 0.381 e. The second-order valence-electron chi connectivity index (χ2n) is 9.76. The molecule has 2 heterocycles. The van der Waals surface area contributed by atoms with Gasteiger partial charge in [0.2, 0.25) is 5.91 Å². The van der Waals surface area contributed by atoms with Crippen molar-refractivity contribution in [1.82, 2.24) is 10.2 Å². The zero-order valence-electron chi connectivity index (χ0n) is 18.4. The molecule has 4 nitrogen and oxygen atoms in total. The number of nitrogens with one attached hydrogen (secondary N) is 1. The Bertz CT molecular complexity index is 805. The Morgan fingerprint density at radius 1 is 1.16 bits per heavy atom. The molecule has 1 aliphatic carbocycles. The summed E-state index contributed by atoms with van der Waals surface area (Å²) >= 11 is 0. The predicted molar refractivity (Wildman–Crippen MR) is 112 cm³/mol. The number of amides is 1. The van der Waals surface area contributed by atoms with E-state index in [9.17, 15) is 18.0 Å². The molecule has 7 heteroatoms. The molecule has 0 radical (unpaired) electrons. The van der Waals surface area contributed by atoms with Gasteiger partial charge in [0.05, 0.1) is 11.0 Å². The fourth-order valence-electron chi connectivity index (χ4n) is 5.60. The number of rotatable bonds is 4. The van der Waals surface area contributed by atoms with Crippen molar-refractivity contribution in [2.45, 2.75) is 77.2 Å². The number of benzene rings is 1. The molecule has 1 N–H and O–H groups in total. The molecule has 1 aromatic carbocycles. The van der Waals surface area contributed by atoms with Crippen LogP contribution >= 0.6 is 0 Å². The van der Waals surface area contributed by atoms with Crippen LogP contribution in [-0.2, 0) is 28.7 Å². The Hall–Kier alpha value is -1.60. The maximum Gasteiger partial charge on any atom is 0.416 e. The minimum atomic E-state index is -4.33. The summed E-state index contributed by atoms with van der Waals surface area (Å²) in [6.45, 7) is 6.73. The highest BCUT2D eigenvalue weighted by Crippen LogP contribution is 2.47. The van der Waals surface area contributed by atoms with Gasteiger partial charge in [0.25, 0.3) is 0 Å². The number of hydrogen-bond donors (Lipinski definition) is 1. The first-order chi connectivity index (χ1) is 14.7. The SMILES string of the molecule is CC(C)[C@]1(C(=O)N2CCc3cc(C(F)(F)F)ccc3C2)CCC(NC2CCOCC2)C1. The lowest BCUT2D eigenvalue weighted by Crippen LogP contribution is -2.48. The van der Waals surface area contributed by atoms with Crippen LogP contribution < -0.4 is 5.32 Å². The predicted octanol–water partition coefficient (Wildman–Crippen LogP) is 4.55. The van der Waals surface area contributed by atoms with Gasteiger partial charge in [-0.3, -0.25) is 4.79 Å². The Balaban J connectivity index is 1.46. The number of ether oxygens (including phenoxy) is 1. The van der Waals surface area contributed by atoms with Crippen LogP contribution in [0.5, 0.6) is 0 Å². The maximum absolute atomic E-state index is 13.7. The van der Waals surface area contributed by atoms with Crippen molar-refractivity contribution in [3.63, 3.8) is 0 Å². The monoisotopic (exact) mass is 438 g/mol. The molecule has 4 rings (SSSR count). The van der Waals surface area contributed by atoms with Gasteiger partial charge in [0.1, 0.15) is 0 Å². The number of carbonyl (C=O) groups is 1. The lowest BCUT2D eigenvalue weighted by Gasteiger charge is -2.40. The molecule has 0 aromatic heterocycles. The van der Waals surface area contributed by atoms with Crippen molar-refractivity contribution in [1.29, 1.82) is 0 Å². The van der Waals surface area contributed by atoms with Gasteiger partial charge >= 0.3 is 6.18 Å². The highest BCUT2D eigenvalue weighted by molar-refractivity contribution is 5.84. The van der Waals surface area contributed by atoms with Crippen LogP contribution in [0.15, 0.2) is 18.2 Å². The summed E-state index contributed by atoms with van der Waals surface area (Å²) in [7, 11) is 0. The number of alkyl halides is 3. The zero-order chi connectivity index (χ0) is 22.2. The third kappa shape index (κ3) is 4.63. The lowest BCUT2D eigenvalue weighted by molar-refractivity contribution is -0.146. The van der Waals surface area contributed by atoms with E-state index in [0.29, 0.717) is 37.2 Å². The molecule has 0 spiro atoms. The van der Waals surface area contributed by atoms with Crippen LogP contribution in [0.25, 0.3) is 0 Å². The largest absolute Gasteiger partial charge is 0.416 e. The van der Waals surface area contributed by atoms with E-state index in [4.69, 9.17) is 4.74 Å². The number of nitrogens with zero attached hydrogens (tertiary/aromatic N) is 1. The van der Waals surface area contributed by atoms with Gasteiger partial charge in [-0.25, -0.2) is 0 Å². The number of hydrogen-bond acceptors (Lipinski definition) is 3. The third-order valence-electron chi connectivity index (χ3n) is 7.61. The van der Waals surface area contributed by atoms with Crippen LogP contribution in [0.4, 0.5) is 13.2 Å². The average molecular weight is 439 g/mol. The standard InChI is InChI=1S/C24H33F3N2O2/c1-16(2)23(9-5-21(14-23)28-20-7-11-31-12-8-20)22(30)29-10-6-17-13-19(24(25,26)27)4-3-18(17)15-29/h3-4,13,16,20-21,28H,5-12,14-15H2,1-2H3/t21?,23-/m0/s1. The van der Waals surface area contributed by atoms with Crippen LogP contribution in [0, 0.1) is 11.3 Å². The van der Waals surface area contributed by atoms with Crippen LogP contribution in [-0.4, -0.2) is 42.6 Å². The van der Waals surface area contributed by atoms with Crippen LogP contribution in [0.3, 0.4) is 0 Å². The van der Waals surface area contributed by atoms with Gasteiger partial charge in [-0.1, -0.05) is 19.9 Å². The van der Waals surface area contributed by atoms with Crippen molar-refractivity contribution in [3.05, 3.63) is 34.9 Å². The molecule has 31 heavy (non-hydrogen) atoms. The quantitative estimate of drug-likeness (QED) is 0.750. The average Bonchev–Trinajstić information content (AvgIpc) is 3.17. The molecular formula is C24H33F3N2O2. The Morgan fingerprint density at radius 2 is 1.90 bits per heavy atom. The summed E-state index contributed by atoms with van der Waals surface area (Å²) in [5.41, 5.74) is 0.540. The summed E-state index contributed by atoms with van der Waals surface area (Å²) in [6.07, 6.45) is 0.853. The van der Waals surface area contributed by atoms with E-state index >= 15 is 0 Å². The van der Waals surface area contributed by atoms with E-state index in [1.165, 1.54) is 6.07 Å². The highest BCUT2D eigenvalue weighted by atomic mass is 19.4. The Labute approximate surface area is 182 Å². The van der Waals surface area contributed by atoms with Gasteiger partial charge < -0.3 is 15.0 Å². The normalized spacial score (nSPS) is 27.5. The summed E-state index contributed by atoms with van der Waals surface area (Å²) in [4.78, 5) is 15.6. The Kier molecular flexibility index (Phi) is 6.37. The first-order valence-electron chi connectivity index (χ1n) is 11.5. The molecule has 1 saturated heterocycles. The van der Waals surface area contributed by atoms with Crippen molar-refractivity contribution >= 4 is 5.91 Å². The molecule has 1 unspecified atom stereocenters. The van der Waals surface area contributed by atoms with E-state index in [1.807, 2.05) is 4.90 Å². The minimum Gasteiger partial charge on any atom is -0.381 e. The van der Waals surface area contributed by atoms with Gasteiger partial charge in [-0.2, -0.15) is 13.2 Å². The topological polar surface area (TPSA) is 41.6 Å². The highest BCUT2D eigenvalue weighted by Gasteiger charge is 2.49. The molecule has 2 atom stereocenters. The third-order valence-corrected chi connectivity index (χ3v) is 7.61. The van der Waals surface area contributed by atoms with Gasteiger partial charge in [0.15, 0.2) is 0 Å². The van der Waals surface area contributed by atoms with Crippen molar-refractivity contribution in [2.75, 3.05) is 19.8 Å². The summed E-state index contributed by atoms with van der Waals surface area (Å²) in [5, 5.41) is 3.76. The molecule has 3 aliphatic rings. The van der Waals surface area contributed by atoms with E-state index in [2.05, 4.69) is 19.2 Å². The Morgan fingerprint density at radius 3 is 2.58 bits per heavy atom. The van der Waals surface area contributed by atoms with Crippen molar-refractivity contribution < 1.29 is 22.7 Å². The van der Waals surface area contributed by atoms with Gasteiger partial charge in [-0.05, 0) is 67.7 Å². The number of fused-ring (bicyclic) bond motifs is 1. The first kappa shape index (κ1) is 22.6. The molecule has 0 bridgehead atoms. The summed E-state index contributed by atoms with van der Waals surface area (Å²) < 4.78 is 44.6. The van der Waals surface area contributed by atoms with Crippen molar-refractivity contribution in [2.24, 2.45) is 11.3 Å². The first-order valence-corrected chi connectivity index (χ1v) is 11.5. The zero-order valence-corrected chi connectivity index (χ0v) is 18.4. The second-order valence-corrected chi connectivity index (χ2v) is 9.76. The minimum absolute atomic E-state index is 0.171. The molecule has 2 aliphatic heterocycles. The molecule has 1 aromatic rings. The van der Waals surface area contributed by atoms with Crippen molar-refractivity contribution in [3.8, 4) is 0 Å². The molecule has 1 amide bonds. The number of carbonyl (C=O) groups excluding carboxylic acids is 1. The van der Waals surface area contributed by atoms with Gasteiger partial charge in [-0.15, -0.1) is 0 Å². The molecule has 1 saturated carbocycles. The number of halogens is 3. The van der Waals surface area contributed by atoms with Gasteiger partial charge in [0, 0.05) is 38.4 Å². The molecular weight excluding hydrogens is 405 g/mol. The molecule has 172 valence electrons. The maximum atomic E-state index is 13.7. The molecule has 2 fully saturated rings. The van der Waals surface area contributed by atoms with E-state index in [1.54, 1.807) is 6.07 Å². The van der Waals surface area contributed by atoms with E-state index < -0.39 is 17.2 Å². The summed E-state index contributed by atoms with van der Waals surface area (Å²) in [5.74, 6) is 0.389. The fourth-order valence-corrected chi connectivity index (χ4v) is 5.60. The fraction of sp³-hybridized carbons (Fsp3) is 0.708. The van der Waals surface area contributed by atoms with E-state index in [-0.39, 0.29) is 11.8 Å². The van der Waals surface area contributed by atoms with Crippen LogP contribution in [0.1, 0.15) is 62.6 Å². The second kappa shape index (κ2) is 8.74. The van der Waals surface area contributed by atoms with E-state index in [0.717, 1.165) is 56.9 Å². The summed E-state index contributed by atoms with van der Waals surface area (Å²) in [6, 6.07) is 4.72. The van der Waals surface area contributed by atoms with Crippen LogP contribution in [0.2, 0.25) is 0 Å². The lowest BCUT2D eigenvalue weighted by atomic mass is 9.73.